The van der Waals surface area contributed by atoms with Crippen molar-refractivity contribution in [3.63, 3.8) is 0 Å². The SMILES string of the molecule is Cc1ccc(NC(=O)CSCC(=O)N2CCC(C)C3CCCCC32)cc1. The third-order valence-electron chi connectivity index (χ3n) is 5.85. The lowest BCUT2D eigenvalue weighted by Gasteiger charge is -2.47. The molecule has 1 heterocycles. The number of fused-ring (bicyclic) bond motifs is 1. The van der Waals surface area contributed by atoms with Crippen molar-refractivity contribution in [2.45, 2.75) is 52.0 Å². The standard InChI is InChI=1S/C21H30N2O2S/c1-15-7-9-17(10-8-15)22-20(24)13-26-14-21(25)23-12-11-16(2)18-5-3-4-6-19(18)23/h7-10,16,18-19H,3-6,11-14H2,1-2H3,(H,22,24). The van der Waals surface area contributed by atoms with Gasteiger partial charge in [0.25, 0.3) is 0 Å². The van der Waals surface area contributed by atoms with Gasteiger partial charge in [-0.25, -0.2) is 0 Å². The molecule has 4 nitrogen and oxygen atoms in total. The van der Waals surface area contributed by atoms with E-state index >= 15 is 0 Å². The van der Waals surface area contributed by atoms with Crippen LogP contribution in [0.5, 0.6) is 0 Å². The number of hydrogen-bond acceptors (Lipinski definition) is 3. The summed E-state index contributed by atoms with van der Waals surface area (Å²) in [7, 11) is 0. The zero-order valence-corrected chi connectivity index (χ0v) is 16.7. The van der Waals surface area contributed by atoms with E-state index in [0.717, 1.165) is 31.0 Å². The van der Waals surface area contributed by atoms with Gasteiger partial charge in [-0.05, 0) is 50.2 Å². The summed E-state index contributed by atoms with van der Waals surface area (Å²) < 4.78 is 0. The number of aryl methyl sites for hydroxylation is 1. The van der Waals surface area contributed by atoms with Crippen LogP contribution in [0.3, 0.4) is 0 Å². The Kier molecular flexibility index (Phi) is 6.63. The van der Waals surface area contributed by atoms with Crippen LogP contribution >= 0.6 is 11.8 Å². The molecule has 3 rings (SSSR count). The number of anilines is 1. The fraction of sp³-hybridized carbons (Fsp3) is 0.619. The van der Waals surface area contributed by atoms with Crippen molar-refractivity contribution in [2.24, 2.45) is 11.8 Å². The number of thioether (sulfide) groups is 1. The smallest absolute Gasteiger partial charge is 0.234 e. The molecule has 1 saturated carbocycles. The first-order valence-corrected chi connectivity index (χ1v) is 10.9. The second kappa shape index (κ2) is 8.94. The molecular formula is C21H30N2O2S. The highest BCUT2D eigenvalue weighted by molar-refractivity contribution is 8.00. The predicted molar refractivity (Wildman–Crippen MR) is 108 cm³/mol. The average Bonchev–Trinajstić information content (AvgIpc) is 2.64. The second-order valence-corrected chi connectivity index (χ2v) is 8.76. The molecule has 2 aliphatic rings. The molecule has 142 valence electrons. The Labute approximate surface area is 161 Å². The largest absolute Gasteiger partial charge is 0.339 e. The Morgan fingerprint density at radius 3 is 2.62 bits per heavy atom. The van der Waals surface area contributed by atoms with Crippen LogP contribution in [-0.2, 0) is 9.59 Å². The number of nitrogens with zero attached hydrogens (tertiary/aromatic N) is 1. The molecule has 0 spiro atoms. The van der Waals surface area contributed by atoms with Crippen LogP contribution in [0.1, 0.15) is 44.6 Å². The van der Waals surface area contributed by atoms with Crippen LogP contribution in [0.15, 0.2) is 24.3 Å². The number of hydrogen-bond donors (Lipinski definition) is 1. The molecule has 2 amide bonds. The summed E-state index contributed by atoms with van der Waals surface area (Å²) in [5.74, 6) is 2.29. The third-order valence-corrected chi connectivity index (χ3v) is 6.77. The van der Waals surface area contributed by atoms with Gasteiger partial charge < -0.3 is 10.2 Å². The van der Waals surface area contributed by atoms with Gasteiger partial charge in [0.15, 0.2) is 0 Å². The van der Waals surface area contributed by atoms with E-state index in [1.165, 1.54) is 36.6 Å². The number of amides is 2. The summed E-state index contributed by atoms with van der Waals surface area (Å²) in [4.78, 5) is 26.9. The normalized spacial score (nSPS) is 25.5. The Bertz CT molecular complexity index is 631. The minimum absolute atomic E-state index is 0.0468. The van der Waals surface area contributed by atoms with E-state index in [4.69, 9.17) is 0 Å². The topological polar surface area (TPSA) is 49.4 Å². The first-order valence-electron chi connectivity index (χ1n) is 9.78. The molecule has 1 saturated heterocycles. The van der Waals surface area contributed by atoms with E-state index in [-0.39, 0.29) is 11.8 Å². The van der Waals surface area contributed by atoms with Crippen molar-refractivity contribution in [1.29, 1.82) is 0 Å². The van der Waals surface area contributed by atoms with E-state index in [1.807, 2.05) is 31.2 Å². The number of carbonyl (C=O) groups is 2. The molecular weight excluding hydrogens is 344 g/mol. The fourth-order valence-electron chi connectivity index (χ4n) is 4.37. The number of likely N-dealkylation sites (tertiary alicyclic amines) is 1. The molecule has 1 aromatic carbocycles. The summed E-state index contributed by atoms with van der Waals surface area (Å²) in [5.41, 5.74) is 1.97. The van der Waals surface area contributed by atoms with E-state index in [1.54, 1.807) is 0 Å². The van der Waals surface area contributed by atoms with Gasteiger partial charge in [-0.3, -0.25) is 9.59 Å². The Hall–Kier alpha value is -1.49. The molecule has 0 bridgehead atoms. The van der Waals surface area contributed by atoms with Gasteiger partial charge in [0, 0.05) is 18.3 Å². The van der Waals surface area contributed by atoms with E-state index in [2.05, 4.69) is 17.1 Å². The molecule has 3 unspecified atom stereocenters. The highest BCUT2D eigenvalue weighted by Gasteiger charge is 2.39. The molecule has 0 radical (unpaired) electrons. The molecule has 26 heavy (non-hydrogen) atoms. The van der Waals surface area contributed by atoms with Gasteiger partial charge in [-0.15, -0.1) is 11.8 Å². The Morgan fingerprint density at radius 1 is 1.12 bits per heavy atom. The molecule has 1 aliphatic carbocycles. The maximum absolute atomic E-state index is 12.7. The zero-order chi connectivity index (χ0) is 18.5. The van der Waals surface area contributed by atoms with Crippen LogP contribution in [0.25, 0.3) is 0 Å². The van der Waals surface area contributed by atoms with E-state index < -0.39 is 0 Å². The molecule has 1 N–H and O–H groups in total. The lowest BCUT2D eigenvalue weighted by molar-refractivity contribution is -0.136. The summed E-state index contributed by atoms with van der Waals surface area (Å²) in [6.07, 6.45) is 6.08. The Balaban J connectivity index is 1.44. The first-order chi connectivity index (χ1) is 12.5. The summed E-state index contributed by atoms with van der Waals surface area (Å²) in [5, 5.41) is 2.89. The van der Waals surface area contributed by atoms with Crippen molar-refractivity contribution in [3.05, 3.63) is 29.8 Å². The van der Waals surface area contributed by atoms with Crippen LogP contribution in [0.4, 0.5) is 5.69 Å². The van der Waals surface area contributed by atoms with E-state index in [9.17, 15) is 9.59 Å². The van der Waals surface area contributed by atoms with Gasteiger partial charge in [0.1, 0.15) is 0 Å². The van der Waals surface area contributed by atoms with Gasteiger partial charge in [-0.1, -0.05) is 37.5 Å². The van der Waals surface area contributed by atoms with Crippen molar-refractivity contribution in [1.82, 2.24) is 4.90 Å². The monoisotopic (exact) mass is 374 g/mol. The van der Waals surface area contributed by atoms with Crippen molar-refractivity contribution < 1.29 is 9.59 Å². The number of rotatable bonds is 5. The van der Waals surface area contributed by atoms with Gasteiger partial charge >= 0.3 is 0 Å². The van der Waals surface area contributed by atoms with Crippen LogP contribution < -0.4 is 5.32 Å². The van der Waals surface area contributed by atoms with Crippen LogP contribution in [0.2, 0.25) is 0 Å². The molecule has 5 heteroatoms. The molecule has 2 fully saturated rings. The number of nitrogens with one attached hydrogen (secondary N) is 1. The number of carbonyl (C=O) groups excluding carboxylic acids is 2. The van der Waals surface area contributed by atoms with Crippen molar-refractivity contribution >= 4 is 29.3 Å². The van der Waals surface area contributed by atoms with Crippen LogP contribution in [-0.4, -0.2) is 40.8 Å². The molecule has 3 atom stereocenters. The molecule has 1 aromatic rings. The van der Waals surface area contributed by atoms with Crippen molar-refractivity contribution in [3.8, 4) is 0 Å². The lowest BCUT2D eigenvalue weighted by atomic mass is 9.72. The highest BCUT2D eigenvalue weighted by atomic mass is 32.2. The quantitative estimate of drug-likeness (QED) is 0.844. The second-order valence-electron chi connectivity index (χ2n) is 7.78. The Morgan fingerprint density at radius 2 is 1.85 bits per heavy atom. The first kappa shape index (κ1) is 19.3. The zero-order valence-electron chi connectivity index (χ0n) is 15.9. The van der Waals surface area contributed by atoms with E-state index in [0.29, 0.717) is 23.5 Å². The summed E-state index contributed by atoms with van der Waals surface area (Å²) in [6, 6.07) is 8.19. The summed E-state index contributed by atoms with van der Waals surface area (Å²) >= 11 is 1.42. The maximum Gasteiger partial charge on any atom is 0.234 e. The average molecular weight is 375 g/mol. The third kappa shape index (κ3) is 4.81. The highest BCUT2D eigenvalue weighted by Crippen LogP contribution is 2.38. The number of piperidine rings is 1. The van der Waals surface area contributed by atoms with Gasteiger partial charge in [-0.2, -0.15) is 0 Å². The molecule has 1 aliphatic heterocycles. The van der Waals surface area contributed by atoms with Gasteiger partial charge in [0.2, 0.25) is 11.8 Å². The van der Waals surface area contributed by atoms with Crippen LogP contribution in [0, 0.1) is 18.8 Å². The minimum atomic E-state index is -0.0468. The minimum Gasteiger partial charge on any atom is -0.339 e. The maximum atomic E-state index is 12.7. The van der Waals surface area contributed by atoms with Crippen molar-refractivity contribution in [2.75, 3.05) is 23.4 Å². The number of benzene rings is 1. The predicted octanol–water partition coefficient (Wildman–Crippen LogP) is 4.09. The fourth-order valence-corrected chi connectivity index (χ4v) is 5.07. The summed E-state index contributed by atoms with van der Waals surface area (Å²) in [6.45, 7) is 5.25. The molecule has 0 aromatic heterocycles. The van der Waals surface area contributed by atoms with Gasteiger partial charge in [0.05, 0.1) is 11.5 Å². The lowest BCUT2D eigenvalue weighted by Crippen LogP contribution is -2.52.